The van der Waals surface area contributed by atoms with Crippen LogP contribution in [0.3, 0.4) is 0 Å². The zero-order valence-electron chi connectivity index (χ0n) is 21.5. The average Bonchev–Trinajstić information content (AvgIpc) is 3.19. The van der Waals surface area contributed by atoms with Crippen LogP contribution in [-0.2, 0) is 17.7 Å². The summed E-state index contributed by atoms with van der Waals surface area (Å²) in [6, 6.07) is 14.0. The fourth-order valence-electron chi connectivity index (χ4n) is 4.71. The molecule has 1 aliphatic heterocycles. The van der Waals surface area contributed by atoms with Crippen LogP contribution in [0.15, 0.2) is 65.6 Å². The number of amides is 3. The fourth-order valence-corrected chi connectivity index (χ4v) is 4.71. The number of ether oxygens (including phenoxy) is 1. The SMILES string of the molecule is COCCNC(=O)c1c(O)c2ncc(Cc3ccc(F)cc3)cc2n(CCN2C(=O)c3ccccc3C2=O)c1=O. The van der Waals surface area contributed by atoms with Crippen LogP contribution in [0.5, 0.6) is 5.75 Å². The molecule has 1 aliphatic rings. The number of nitrogens with one attached hydrogen (secondary N) is 1. The first kappa shape index (κ1) is 26.7. The van der Waals surface area contributed by atoms with E-state index in [0.717, 1.165) is 10.5 Å². The zero-order chi connectivity index (χ0) is 28.4. The van der Waals surface area contributed by atoms with Crippen LogP contribution < -0.4 is 10.9 Å². The number of carbonyl (C=O) groups is 3. The summed E-state index contributed by atoms with van der Waals surface area (Å²) in [6.07, 6.45) is 1.85. The maximum Gasteiger partial charge on any atom is 0.267 e. The second-order valence-corrected chi connectivity index (χ2v) is 9.25. The lowest BCUT2D eigenvalue weighted by atomic mass is 10.1. The molecule has 5 rings (SSSR count). The van der Waals surface area contributed by atoms with Gasteiger partial charge in [0.05, 0.1) is 23.3 Å². The van der Waals surface area contributed by atoms with Gasteiger partial charge in [-0.1, -0.05) is 24.3 Å². The first-order valence-corrected chi connectivity index (χ1v) is 12.5. The Hall–Kier alpha value is -4.90. The Balaban J connectivity index is 1.55. The molecule has 204 valence electrons. The molecule has 2 N–H and O–H groups in total. The maximum atomic E-state index is 13.6. The summed E-state index contributed by atoms with van der Waals surface area (Å²) >= 11 is 0. The van der Waals surface area contributed by atoms with Crippen molar-refractivity contribution in [3.05, 3.63) is 105 Å². The average molecular weight is 545 g/mol. The fraction of sp³-hybridized carbons (Fsp3) is 0.207. The Morgan fingerprint density at radius 3 is 2.33 bits per heavy atom. The molecule has 0 saturated heterocycles. The molecule has 4 aromatic rings. The van der Waals surface area contributed by atoms with Crippen LogP contribution in [0.25, 0.3) is 11.0 Å². The van der Waals surface area contributed by atoms with Gasteiger partial charge >= 0.3 is 0 Å². The lowest BCUT2D eigenvalue weighted by Crippen LogP contribution is -2.38. The third kappa shape index (κ3) is 4.94. The predicted octanol–water partition coefficient (Wildman–Crippen LogP) is 2.50. The number of hydrogen-bond acceptors (Lipinski definition) is 7. The number of aromatic hydroxyl groups is 1. The molecule has 0 unspecified atom stereocenters. The lowest BCUT2D eigenvalue weighted by molar-refractivity contribution is 0.0648. The van der Waals surface area contributed by atoms with E-state index in [9.17, 15) is 28.7 Å². The molecule has 11 heteroatoms. The highest BCUT2D eigenvalue weighted by atomic mass is 19.1. The summed E-state index contributed by atoms with van der Waals surface area (Å²) in [5.41, 5.74) is 0.898. The number of pyridine rings is 2. The van der Waals surface area contributed by atoms with Crippen molar-refractivity contribution in [2.45, 2.75) is 13.0 Å². The standard InChI is InChI=1S/C29H25FN4O6/c1-40-13-10-31-26(36)23-25(35)24-22(15-18(16-32-24)14-17-6-8-19(30)9-7-17)33(29(23)39)11-12-34-27(37)20-4-2-3-5-21(20)28(34)38/h2-9,15-16,35H,10-14H2,1H3,(H,31,36). The second-order valence-electron chi connectivity index (χ2n) is 9.25. The second kappa shape index (κ2) is 11.1. The highest BCUT2D eigenvalue weighted by Crippen LogP contribution is 2.27. The van der Waals surface area contributed by atoms with Crippen LogP contribution in [-0.4, -0.2) is 64.1 Å². The van der Waals surface area contributed by atoms with Gasteiger partial charge in [-0.2, -0.15) is 0 Å². The largest absolute Gasteiger partial charge is 0.505 e. The van der Waals surface area contributed by atoms with E-state index in [2.05, 4.69) is 10.3 Å². The van der Waals surface area contributed by atoms with Gasteiger partial charge in [0, 0.05) is 32.9 Å². The zero-order valence-corrected chi connectivity index (χ0v) is 21.5. The summed E-state index contributed by atoms with van der Waals surface area (Å²) < 4.78 is 19.5. The van der Waals surface area contributed by atoms with Crippen molar-refractivity contribution in [1.82, 2.24) is 19.8 Å². The van der Waals surface area contributed by atoms with E-state index in [1.165, 1.54) is 30.0 Å². The van der Waals surface area contributed by atoms with E-state index in [1.807, 2.05) is 0 Å². The van der Waals surface area contributed by atoms with Crippen molar-refractivity contribution in [2.75, 3.05) is 26.8 Å². The minimum atomic E-state index is -0.812. The summed E-state index contributed by atoms with van der Waals surface area (Å²) in [6.45, 7) is -0.00942. The molecule has 0 fully saturated rings. The third-order valence-corrected chi connectivity index (χ3v) is 6.70. The van der Waals surface area contributed by atoms with E-state index in [-0.39, 0.29) is 54.2 Å². The molecule has 2 aromatic carbocycles. The number of fused-ring (bicyclic) bond motifs is 2. The normalized spacial score (nSPS) is 12.7. The van der Waals surface area contributed by atoms with E-state index >= 15 is 0 Å². The van der Waals surface area contributed by atoms with Crippen LogP contribution >= 0.6 is 0 Å². The Morgan fingerprint density at radius 1 is 1.00 bits per heavy atom. The Labute approximate surface area is 227 Å². The van der Waals surface area contributed by atoms with Gasteiger partial charge in [0.15, 0.2) is 5.75 Å². The van der Waals surface area contributed by atoms with Crippen LogP contribution in [0.4, 0.5) is 4.39 Å². The van der Waals surface area contributed by atoms with Crippen molar-refractivity contribution >= 4 is 28.8 Å². The molecule has 0 atom stereocenters. The van der Waals surface area contributed by atoms with Gasteiger partial charge in [0.2, 0.25) is 0 Å². The number of methoxy groups -OCH3 is 1. The summed E-state index contributed by atoms with van der Waals surface area (Å²) in [7, 11) is 1.46. The molecule has 0 aliphatic carbocycles. The van der Waals surface area contributed by atoms with Crippen molar-refractivity contribution < 1.29 is 28.6 Å². The molecule has 0 radical (unpaired) electrons. The molecular formula is C29H25FN4O6. The first-order valence-electron chi connectivity index (χ1n) is 12.5. The van der Waals surface area contributed by atoms with Gasteiger partial charge in [0.25, 0.3) is 23.3 Å². The number of aromatic nitrogens is 2. The van der Waals surface area contributed by atoms with Gasteiger partial charge in [-0.25, -0.2) is 4.39 Å². The number of nitrogens with zero attached hydrogens (tertiary/aromatic N) is 3. The van der Waals surface area contributed by atoms with Gasteiger partial charge in [-0.05, 0) is 47.9 Å². The molecule has 2 aromatic heterocycles. The van der Waals surface area contributed by atoms with Crippen molar-refractivity contribution in [3.63, 3.8) is 0 Å². The third-order valence-electron chi connectivity index (χ3n) is 6.70. The molecule has 0 spiro atoms. The molecule has 10 nitrogen and oxygen atoms in total. The van der Waals surface area contributed by atoms with Crippen molar-refractivity contribution in [3.8, 4) is 5.75 Å². The van der Waals surface area contributed by atoms with E-state index in [0.29, 0.717) is 12.0 Å². The minimum absolute atomic E-state index is 0.00158. The Kier molecular flexibility index (Phi) is 7.39. The molecule has 3 heterocycles. The number of imide groups is 1. The number of carbonyl (C=O) groups excluding carboxylic acids is 3. The summed E-state index contributed by atoms with van der Waals surface area (Å²) in [4.78, 5) is 57.7. The first-order chi connectivity index (χ1) is 19.3. The van der Waals surface area contributed by atoms with E-state index in [1.54, 1.807) is 42.5 Å². The summed E-state index contributed by atoms with van der Waals surface area (Å²) in [5.74, 6) is -2.73. The predicted molar refractivity (Wildman–Crippen MR) is 143 cm³/mol. The maximum absolute atomic E-state index is 13.6. The number of rotatable bonds is 9. The molecule has 0 saturated carbocycles. The molecular weight excluding hydrogens is 519 g/mol. The number of benzene rings is 2. The van der Waals surface area contributed by atoms with Gasteiger partial charge in [-0.3, -0.25) is 29.1 Å². The smallest absolute Gasteiger partial charge is 0.267 e. The number of hydrogen-bond donors (Lipinski definition) is 2. The van der Waals surface area contributed by atoms with Crippen LogP contribution in [0, 0.1) is 5.82 Å². The van der Waals surface area contributed by atoms with Gasteiger partial charge < -0.3 is 19.7 Å². The van der Waals surface area contributed by atoms with Crippen molar-refractivity contribution in [2.24, 2.45) is 0 Å². The monoisotopic (exact) mass is 544 g/mol. The molecule has 0 bridgehead atoms. The van der Waals surface area contributed by atoms with Crippen molar-refractivity contribution in [1.29, 1.82) is 0 Å². The van der Waals surface area contributed by atoms with Gasteiger partial charge in [0.1, 0.15) is 16.9 Å². The highest BCUT2D eigenvalue weighted by molar-refractivity contribution is 6.21. The summed E-state index contributed by atoms with van der Waals surface area (Å²) in [5, 5.41) is 13.5. The lowest BCUT2D eigenvalue weighted by Gasteiger charge is -2.18. The highest BCUT2D eigenvalue weighted by Gasteiger charge is 2.35. The molecule has 3 amide bonds. The van der Waals surface area contributed by atoms with E-state index in [4.69, 9.17) is 4.74 Å². The molecule has 40 heavy (non-hydrogen) atoms. The quantitative estimate of drug-likeness (QED) is 0.245. The van der Waals surface area contributed by atoms with E-state index < -0.39 is 34.6 Å². The number of halogens is 1. The van der Waals surface area contributed by atoms with Crippen LogP contribution in [0.2, 0.25) is 0 Å². The Morgan fingerprint density at radius 2 is 1.68 bits per heavy atom. The topological polar surface area (TPSA) is 131 Å². The minimum Gasteiger partial charge on any atom is -0.505 e. The Bertz CT molecular complexity index is 1660. The van der Waals surface area contributed by atoms with Crippen LogP contribution in [0.1, 0.15) is 42.2 Å². The van der Waals surface area contributed by atoms with Gasteiger partial charge in [-0.15, -0.1) is 0 Å².